The zero-order valence-corrected chi connectivity index (χ0v) is 13.3. The molecule has 2 rings (SSSR count). The maximum Gasteiger partial charge on any atom is 0.0640 e. The van der Waals surface area contributed by atoms with Crippen molar-refractivity contribution in [3.8, 4) is 0 Å². The second kappa shape index (κ2) is 5.81. The van der Waals surface area contributed by atoms with Crippen molar-refractivity contribution in [2.45, 2.75) is 32.2 Å². The van der Waals surface area contributed by atoms with Crippen LogP contribution in [0.3, 0.4) is 0 Å². The molecule has 1 aromatic carbocycles. The van der Waals surface area contributed by atoms with Crippen LogP contribution in [-0.2, 0) is 0 Å². The summed E-state index contributed by atoms with van der Waals surface area (Å²) in [7, 11) is 0. The molecular weight excluding hydrogens is 312 g/mol. The van der Waals surface area contributed by atoms with Gasteiger partial charge in [-0.3, -0.25) is 0 Å². The Morgan fingerprint density at radius 2 is 2.28 bits per heavy atom. The molecule has 100 valence electrons. The standard InChI is InChI=1S/C14H20BrClN2/c1-3-14(2)10-18(8-4-7-17-14)13-9-11(15)5-6-12(13)16/h5-6,9,17H,3-4,7-8,10H2,1-2H3. The van der Waals surface area contributed by atoms with Crippen LogP contribution in [0.2, 0.25) is 5.02 Å². The fourth-order valence-electron chi connectivity index (χ4n) is 2.39. The van der Waals surface area contributed by atoms with Gasteiger partial charge in [-0.25, -0.2) is 0 Å². The molecule has 0 bridgehead atoms. The van der Waals surface area contributed by atoms with Gasteiger partial charge in [0.05, 0.1) is 10.7 Å². The molecule has 18 heavy (non-hydrogen) atoms. The van der Waals surface area contributed by atoms with Gasteiger partial charge in [0.15, 0.2) is 0 Å². The molecule has 2 nitrogen and oxygen atoms in total. The zero-order chi connectivity index (χ0) is 13.2. The van der Waals surface area contributed by atoms with E-state index in [1.165, 1.54) is 0 Å². The second-order valence-electron chi connectivity index (χ2n) is 5.21. The lowest BCUT2D eigenvalue weighted by Gasteiger charge is -2.34. The van der Waals surface area contributed by atoms with Crippen LogP contribution in [0.25, 0.3) is 0 Å². The first-order valence-corrected chi connectivity index (χ1v) is 7.66. The van der Waals surface area contributed by atoms with Crippen LogP contribution < -0.4 is 10.2 Å². The minimum atomic E-state index is 0.169. The molecule has 1 fully saturated rings. The Hall–Kier alpha value is -0.250. The largest absolute Gasteiger partial charge is 0.368 e. The number of nitrogens with zero attached hydrogens (tertiary/aromatic N) is 1. The van der Waals surface area contributed by atoms with Gasteiger partial charge >= 0.3 is 0 Å². The number of hydrogen-bond acceptors (Lipinski definition) is 2. The summed E-state index contributed by atoms with van der Waals surface area (Å²) in [5.74, 6) is 0. The number of nitrogens with one attached hydrogen (secondary N) is 1. The molecule has 0 aromatic heterocycles. The first-order valence-electron chi connectivity index (χ1n) is 6.49. The highest BCUT2D eigenvalue weighted by atomic mass is 79.9. The van der Waals surface area contributed by atoms with Crippen LogP contribution in [0.1, 0.15) is 26.7 Å². The van der Waals surface area contributed by atoms with Crippen LogP contribution in [-0.4, -0.2) is 25.2 Å². The van der Waals surface area contributed by atoms with Crippen LogP contribution >= 0.6 is 27.5 Å². The Labute approximate surface area is 123 Å². The van der Waals surface area contributed by atoms with E-state index in [1.54, 1.807) is 0 Å². The van der Waals surface area contributed by atoms with Crippen molar-refractivity contribution in [3.05, 3.63) is 27.7 Å². The third kappa shape index (κ3) is 3.19. The minimum absolute atomic E-state index is 0.169. The van der Waals surface area contributed by atoms with Crippen molar-refractivity contribution in [2.24, 2.45) is 0 Å². The van der Waals surface area contributed by atoms with Gasteiger partial charge in [0.1, 0.15) is 0 Å². The lowest BCUT2D eigenvalue weighted by molar-refractivity contribution is 0.366. The summed E-state index contributed by atoms with van der Waals surface area (Å²) in [5, 5.41) is 4.48. The molecule has 1 saturated heterocycles. The van der Waals surface area contributed by atoms with Crippen LogP contribution in [0.15, 0.2) is 22.7 Å². The van der Waals surface area contributed by atoms with Gasteiger partial charge in [-0.05, 0) is 44.5 Å². The first-order chi connectivity index (χ1) is 8.54. The van der Waals surface area contributed by atoms with E-state index in [9.17, 15) is 0 Å². The number of anilines is 1. The molecule has 1 aliphatic heterocycles. The molecule has 1 unspecified atom stereocenters. The lowest BCUT2D eigenvalue weighted by Crippen LogP contribution is -2.48. The van der Waals surface area contributed by atoms with Crippen LogP contribution in [0, 0.1) is 0 Å². The van der Waals surface area contributed by atoms with Crippen molar-refractivity contribution in [1.29, 1.82) is 0 Å². The van der Waals surface area contributed by atoms with Gasteiger partial charge in [0.25, 0.3) is 0 Å². The van der Waals surface area contributed by atoms with Gasteiger partial charge in [-0.2, -0.15) is 0 Å². The fraction of sp³-hybridized carbons (Fsp3) is 0.571. The van der Waals surface area contributed by atoms with Crippen LogP contribution in [0.4, 0.5) is 5.69 Å². The molecule has 0 spiro atoms. The maximum absolute atomic E-state index is 6.34. The SMILES string of the molecule is CCC1(C)CN(c2cc(Br)ccc2Cl)CCCN1. The normalized spacial score (nSPS) is 25.0. The molecular formula is C14H20BrClN2. The molecule has 0 radical (unpaired) electrons. The number of hydrogen-bond donors (Lipinski definition) is 1. The van der Waals surface area contributed by atoms with E-state index in [-0.39, 0.29) is 5.54 Å². The van der Waals surface area contributed by atoms with E-state index >= 15 is 0 Å². The third-order valence-corrected chi connectivity index (χ3v) is 4.54. The predicted molar refractivity (Wildman–Crippen MR) is 82.7 cm³/mol. The van der Waals surface area contributed by atoms with Crippen molar-refractivity contribution in [1.82, 2.24) is 5.32 Å². The Morgan fingerprint density at radius 3 is 3.00 bits per heavy atom. The van der Waals surface area contributed by atoms with Crippen molar-refractivity contribution < 1.29 is 0 Å². The van der Waals surface area contributed by atoms with Gasteiger partial charge in [0.2, 0.25) is 0 Å². The van der Waals surface area contributed by atoms with Gasteiger partial charge < -0.3 is 10.2 Å². The Kier molecular flexibility index (Phi) is 4.57. The molecule has 1 atom stereocenters. The van der Waals surface area contributed by atoms with Crippen LogP contribution in [0.5, 0.6) is 0 Å². The highest BCUT2D eigenvalue weighted by Gasteiger charge is 2.28. The molecule has 0 saturated carbocycles. The van der Waals surface area contributed by atoms with Gasteiger partial charge in [-0.1, -0.05) is 34.5 Å². The van der Waals surface area contributed by atoms with Crippen molar-refractivity contribution >= 4 is 33.2 Å². The Bertz CT molecular complexity index is 424. The average Bonchev–Trinajstić information content (AvgIpc) is 2.55. The van der Waals surface area contributed by atoms with E-state index in [1.807, 2.05) is 12.1 Å². The minimum Gasteiger partial charge on any atom is -0.368 e. The number of benzene rings is 1. The van der Waals surface area contributed by atoms with Gasteiger partial charge in [-0.15, -0.1) is 0 Å². The molecule has 0 amide bonds. The monoisotopic (exact) mass is 330 g/mol. The molecule has 1 aromatic rings. The highest BCUT2D eigenvalue weighted by Crippen LogP contribution is 2.31. The van der Waals surface area contributed by atoms with E-state index in [4.69, 9.17) is 11.6 Å². The number of halogens is 2. The lowest BCUT2D eigenvalue weighted by atomic mass is 9.98. The topological polar surface area (TPSA) is 15.3 Å². The average molecular weight is 332 g/mol. The Balaban J connectivity index is 2.28. The quantitative estimate of drug-likeness (QED) is 0.879. The smallest absolute Gasteiger partial charge is 0.0640 e. The Morgan fingerprint density at radius 1 is 1.50 bits per heavy atom. The number of rotatable bonds is 2. The summed E-state index contributed by atoms with van der Waals surface area (Å²) >= 11 is 9.86. The van der Waals surface area contributed by atoms with E-state index < -0.39 is 0 Å². The fourth-order valence-corrected chi connectivity index (χ4v) is 2.97. The molecule has 1 heterocycles. The molecule has 1 N–H and O–H groups in total. The summed E-state index contributed by atoms with van der Waals surface area (Å²) in [6.45, 7) is 7.65. The second-order valence-corrected chi connectivity index (χ2v) is 6.53. The van der Waals surface area contributed by atoms with E-state index in [2.05, 4.69) is 46.1 Å². The summed E-state index contributed by atoms with van der Waals surface area (Å²) in [4.78, 5) is 2.40. The van der Waals surface area contributed by atoms with E-state index in [0.717, 1.165) is 47.7 Å². The summed E-state index contributed by atoms with van der Waals surface area (Å²) in [6, 6.07) is 6.06. The van der Waals surface area contributed by atoms with Crippen molar-refractivity contribution in [3.63, 3.8) is 0 Å². The summed E-state index contributed by atoms with van der Waals surface area (Å²) in [5.41, 5.74) is 1.30. The van der Waals surface area contributed by atoms with E-state index in [0.29, 0.717) is 0 Å². The third-order valence-electron chi connectivity index (χ3n) is 3.73. The van der Waals surface area contributed by atoms with Crippen molar-refractivity contribution in [2.75, 3.05) is 24.5 Å². The molecule has 4 heteroatoms. The summed E-state index contributed by atoms with van der Waals surface area (Å²) < 4.78 is 1.08. The summed E-state index contributed by atoms with van der Waals surface area (Å²) in [6.07, 6.45) is 2.27. The molecule has 0 aliphatic carbocycles. The zero-order valence-electron chi connectivity index (χ0n) is 11.0. The first kappa shape index (κ1) is 14.2. The molecule has 1 aliphatic rings. The highest BCUT2D eigenvalue weighted by molar-refractivity contribution is 9.10. The van der Waals surface area contributed by atoms with Gasteiger partial charge in [0, 0.05) is 23.1 Å². The maximum atomic E-state index is 6.34. The predicted octanol–water partition coefficient (Wildman–Crippen LogP) is 4.07.